The summed E-state index contributed by atoms with van der Waals surface area (Å²) in [6.45, 7) is 11.4. The highest BCUT2D eigenvalue weighted by Crippen LogP contribution is 2.13. The predicted molar refractivity (Wildman–Crippen MR) is 72.4 cm³/mol. The Kier molecular flexibility index (Phi) is 11.8. The van der Waals surface area contributed by atoms with Crippen LogP contribution in [0.5, 0.6) is 0 Å². The van der Waals surface area contributed by atoms with Crippen LogP contribution >= 0.6 is 0 Å². The van der Waals surface area contributed by atoms with Gasteiger partial charge in [-0.2, -0.15) is 0 Å². The maximum Gasteiger partial charge on any atom is 0.306 e. The molecule has 0 spiro atoms. The molecule has 0 aromatic rings. The molecule has 0 amide bonds. The van der Waals surface area contributed by atoms with E-state index in [-0.39, 0.29) is 23.9 Å². The number of carbonyl (C=O) groups excluding carboxylic acids is 1. The van der Waals surface area contributed by atoms with Gasteiger partial charge in [-0.05, 0) is 32.6 Å². The molecule has 4 heteroatoms. The van der Waals surface area contributed by atoms with E-state index in [0.717, 1.165) is 12.8 Å². The maximum atomic E-state index is 10.6. The van der Waals surface area contributed by atoms with Crippen molar-refractivity contribution < 1.29 is 19.4 Å². The molecule has 0 bridgehead atoms. The number of aliphatic carboxylic acids is 1. The van der Waals surface area contributed by atoms with E-state index >= 15 is 0 Å². The van der Waals surface area contributed by atoms with Gasteiger partial charge in [0, 0.05) is 6.42 Å². The number of esters is 1. The molecule has 4 nitrogen and oxygen atoms in total. The molecule has 0 aliphatic carbocycles. The molecule has 0 saturated heterocycles. The van der Waals surface area contributed by atoms with Crippen LogP contribution in [-0.4, -0.2) is 23.1 Å². The molecule has 0 heterocycles. The molecule has 0 aliphatic heterocycles. The van der Waals surface area contributed by atoms with Gasteiger partial charge < -0.3 is 9.84 Å². The standard InChI is InChI=1S/2C7H14O2/c1-4-5-7(8)9-6(2)3;1-4-6(5(2)3)7(8)9/h6H,4-5H2,1-3H3;5-6H,4H2,1-3H3,(H,8,9). The van der Waals surface area contributed by atoms with E-state index in [1.165, 1.54) is 0 Å². The van der Waals surface area contributed by atoms with Crippen molar-refractivity contribution in [2.45, 2.75) is 66.9 Å². The molecule has 0 fully saturated rings. The lowest BCUT2D eigenvalue weighted by Crippen LogP contribution is -2.18. The molecule has 0 aromatic heterocycles. The molecule has 0 radical (unpaired) electrons. The van der Waals surface area contributed by atoms with Gasteiger partial charge in [0.15, 0.2) is 0 Å². The maximum absolute atomic E-state index is 10.6. The highest BCUT2D eigenvalue weighted by atomic mass is 16.5. The minimum absolute atomic E-state index is 0.0315. The summed E-state index contributed by atoms with van der Waals surface area (Å²) < 4.78 is 4.85. The molecule has 0 saturated carbocycles. The minimum atomic E-state index is -0.674. The van der Waals surface area contributed by atoms with Gasteiger partial charge in [0.1, 0.15) is 0 Å². The van der Waals surface area contributed by atoms with Gasteiger partial charge in [0.2, 0.25) is 0 Å². The molecule has 0 aliphatic rings. The van der Waals surface area contributed by atoms with Crippen LogP contribution in [0.15, 0.2) is 0 Å². The van der Waals surface area contributed by atoms with E-state index in [4.69, 9.17) is 9.84 Å². The van der Waals surface area contributed by atoms with Gasteiger partial charge in [-0.1, -0.05) is 27.7 Å². The number of carboxylic acid groups (broad SMARTS) is 1. The molecule has 0 aromatic carbocycles. The summed E-state index contributed by atoms with van der Waals surface area (Å²) in [6.07, 6.45) is 2.17. The fraction of sp³-hybridized carbons (Fsp3) is 0.857. The molecule has 18 heavy (non-hydrogen) atoms. The molecule has 1 unspecified atom stereocenters. The average molecular weight is 260 g/mol. The van der Waals surface area contributed by atoms with Crippen LogP contribution in [0.3, 0.4) is 0 Å². The number of ether oxygens (including phenoxy) is 1. The highest BCUT2D eigenvalue weighted by Gasteiger charge is 2.17. The van der Waals surface area contributed by atoms with Crippen LogP contribution in [-0.2, 0) is 14.3 Å². The quantitative estimate of drug-likeness (QED) is 0.742. The summed E-state index contributed by atoms with van der Waals surface area (Å²) >= 11 is 0. The summed E-state index contributed by atoms with van der Waals surface area (Å²) in [4.78, 5) is 21.0. The summed E-state index contributed by atoms with van der Waals surface area (Å²) in [7, 11) is 0. The van der Waals surface area contributed by atoms with Gasteiger partial charge in [-0.15, -0.1) is 0 Å². The second-order valence-electron chi connectivity index (χ2n) is 4.89. The molecular weight excluding hydrogens is 232 g/mol. The van der Waals surface area contributed by atoms with Crippen molar-refractivity contribution >= 4 is 11.9 Å². The van der Waals surface area contributed by atoms with Crippen LogP contribution in [0, 0.1) is 11.8 Å². The number of hydrogen-bond donors (Lipinski definition) is 1. The molecule has 0 rings (SSSR count). The zero-order valence-corrected chi connectivity index (χ0v) is 12.5. The second-order valence-corrected chi connectivity index (χ2v) is 4.89. The van der Waals surface area contributed by atoms with Crippen molar-refractivity contribution in [1.29, 1.82) is 0 Å². The Morgan fingerprint density at radius 3 is 1.78 bits per heavy atom. The third-order valence-electron chi connectivity index (χ3n) is 2.38. The van der Waals surface area contributed by atoms with E-state index in [2.05, 4.69) is 0 Å². The van der Waals surface area contributed by atoms with Crippen molar-refractivity contribution in [1.82, 2.24) is 0 Å². The van der Waals surface area contributed by atoms with Crippen LogP contribution in [0.4, 0.5) is 0 Å². The number of carboxylic acids is 1. The fourth-order valence-electron chi connectivity index (χ4n) is 1.46. The van der Waals surface area contributed by atoms with Crippen molar-refractivity contribution in [3.05, 3.63) is 0 Å². The largest absolute Gasteiger partial charge is 0.481 e. The van der Waals surface area contributed by atoms with E-state index in [9.17, 15) is 9.59 Å². The third kappa shape index (κ3) is 11.4. The lowest BCUT2D eigenvalue weighted by atomic mass is 9.94. The SMILES string of the molecule is CCC(C(=O)O)C(C)C.CCCC(=O)OC(C)C. The zero-order valence-electron chi connectivity index (χ0n) is 12.5. The molecule has 1 N–H and O–H groups in total. The van der Waals surface area contributed by atoms with Crippen LogP contribution < -0.4 is 0 Å². The predicted octanol–water partition coefficient (Wildman–Crippen LogP) is 3.49. The number of rotatable bonds is 6. The first-order chi connectivity index (χ1) is 8.26. The lowest BCUT2D eigenvalue weighted by Gasteiger charge is -2.12. The van der Waals surface area contributed by atoms with Crippen molar-refractivity contribution in [2.75, 3.05) is 0 Å². The smallest absolute Gasteiger partial charge is 0.306 e. The first-order valence-corrected chi connectivity index (χ1v) is 6.68. The van der Waals surface area contributed by atoms with E-state index in [1.54, 1.807) is 0 Å². The Morgan fingerprint density at radius 2 is 1.61 bits per heavy atom. The normalized spacial score (nSPS) is 11.8. The van der Waals surface area contributed by atoms with E-state index < -0.39 is 5.97 Å². The lowest BCUT2D eigenvalue weighted by molar-refractivity contribution is -0.147. The molecule has 1 atom stereocenters. The van der Waals surface area contributed by atoms with Gasteiger partial charge in [0.25, 0.3) is 0 Å². The van der Waals surface area contributed by atoms with Crippen molar-refractivity contribution in [2.24, 2.45) is 11.8 Å². The third-order valence-corrected chi connectivity index (χ3v) is 2.38. The first kappa shape index (κ1) is 19.3. The Bertz CT molecular complexity index is 232. The van der Waals surface area contributed by atoms with E-state index in [1.807, 2.05) is 41.5 Å². The van der Waals surface area contributed by atoms with Crippen molar-refractivity contribution in [3.63, 3.8) is 0 Å². The minimum Gasteiger partial charge on any atom is -0.481 e. The monoisotopic (exact) mass is 260 g/mol. The highest BCUT2D eigenvalue weighted by molar-refractivity contribution is 5.70. The van der Waals surface area contributed by atoms with Gasteiger partial charge in [-0.25, -0.2) is 0 Å². The summed E-state index contributed by atoms with van der Waals surface area (Å²) in [6, 6.07) is 0. The van der Waals surface area contributed by atoms with Crippen LogP contribution in [0.25, 0.3) is 0 Å². The van der Waals surface area contributed by atoms with Gasteiger partial charge in [-0.3, -0.25) is 9.59 Å². The summed E-state index contributed by atoms with van der Waals surface area (Å²) in [5.41, 5.74) is 0. The number of carbonyl (C=O) groups is 2. The molecule has 108 valence electrons. The zero-order chi connectivity index (χ0) is 14.7. The summed E-state index contributed by atoms with van der Waals surface area (Å²) in [5.74, 6) is -0.669. The Hall–Kier alpha value is -1.06. The Balaban J connectivity index is 0. The Morgan fingerprint density at radius 1 is 1.11 bits per heavy atom. The average Bonchev–Trinajstić information content (AvgIpc) is 2.16. The topological polar surface area (TPSA) is 63.6 Å². The van der Waals surface area contributed by atoms with Crippen LogP contribution in [0.2, 0.25) is 0 Å². The molecular formula is C14H28O4. The second kappa shape index (κ2) is 11.1. The van der Waals surface area contributed by atoms with Crippen LogP contribution in [0.1, 0.15) is 60.8 Å². The first-order valence-electron chi connectivity index (χ1n) is 6.68. The number of hydrogen-bond acceptors (Lipinski definition) is 3. The van der Waals surface area contributed by atoms with Gasteiger partial charge in [0.05, 0.1) is 12.0 Å². The van der Waals surface area contributed by atoms with Crippen molar-refractivity contribution in [3.8, 4) is 0 Å². The van der Waals surface area contributed by atoms with Gasteiger partial charge >= 0.3 is 11.9 Å². The Labute approximate surface area is 111 Å². The summed E-state index contributed by atoms with van der Waals surface area (Å²) in [5, 5.41) is 8.54. The van der Waals surface area contributed by atoms with E-state index in [0.29, 0.717) is 6.42 Å². The fourth-order valence-corrected chi connectivity index (χ4v) is 1.46.